The molecular formula is C14H13Cl3N2O2. The Morgan fingerprint density at radius 3 is 2.29 bits per heavy atom. The van der Waals surface area contributed by atoms with Gasteiger partial charge in [0.2, 0.25) is 5.91 Å². The fraction of sp³-hybridized carbons (Fsp3) is 0.429. The lowest BCUT2D eigenvalue weighted by atomic mass is 9.92. The first kappa shape index (κ1) is 14.9. The van der Waals surface area contributed by atoms with Crippen molar-refractivity contribution in [2.24, 2.45) is 0 Å². The normalized spacial score (nSPS) is 21.0. The number of halogens is 3. The number of anilines is 1. The number of amides is 2. The van der Waals surface area contributed by atoms with Crippen LogP contribution in [0.2, 0.25) is 15.1 Å². The average Bonchev–Trinajstić information content (AvgIpc) is 2.88. The number of piperazine rings is 1. The maximum absolute atomic E-state index is 12.8. The Morgan fingerprint density at radius 1 is 1.00 bits per heavy atom. The third-order valence-corrected chi connectivity index (χ3v) is 5.10. The zero-order chi connectivity index (χ0) is 15.2. The van der Waals surface area contributed by atoms with E-state index >= 15 is 0 Å². The van der Waals surface area contributed by atoms with Crippen LogP contribution < -0.4 is 10.2 Å². The van der Waals surface area contributed by atoms with E-state index in [0.717, 1.165) is 12.8 Å². The summed E-state index contributed by atoms with van der Waals surface area (Å²) >= 11 is 18.1. The van der Waals surface area contributed by atoms with Crippen molar-refractivity contribution < 1.29 is 9.59 Å². The first-order valence-corrected chi connectivity index (χ1v) is 7.84. The van der Waals surface area contributed by atoms with Gasteiger partial charge in [0.05, 0.1) is 20.8 Å². The summed E-state index contributed by atoms with van der Waals surface area (Å²) in [6, 6.07) is 3.02. The van der Waals surface area contributed by atoms with Gasteiger partial charge in [-0.3, -0.25) is 14.5 Å². The van der Waals surface area contributed by atoms with E-state index in [9.17, 15) is 9.59 Å². The Hall–Kier alpha value is -0.970. The lowest BCUT2D eigenvalue weighted by molar-refractivity contribution is -0.135. The molecule has 0 radical (unpaired) electrons. The molecule has 0 atom stereocenters. The molecule has 0 bridgehead atoms. The van der Waals surface area contributed by atoms with Crippen LogP contribution >= 0.6 is 34.8 Å². The topological polar surface area (TPSA) is 49.4 Å². The molecule has 1 saturated heterocycles. The molecule has 1 aliphatic carbocycles. The van der Waals surface area contributed by atoms with Crippen molar-refractivity contribution >= 4 is 52.3 Å². The molecular weight excluding hydrogens is 335 g/mol. The number of hydrogen-bond donors (Lipinski definition) is 1. The van der Waals surface area contributed by atoms with Crippen LogP contribution in [0.1, 0.15) is 25.7 Å². The third-order valence-electron chi connectivity index (χ3n) is 4.07. The molecule has 3 rings (SSSR count). The Labute approximate surface area is 137 Å². The van der Waals surface area contributed by atoms with Crippen molar-refractivity contribution in [2.75, 3.05) is 11.4 Å². The van der Waals surface area contributed by atoms with Crippen molar-refractivity contribution in [1.29, 1.82) is 0 Å². The lowest BCUT2D eigenvalue weighted by Crippen LogP contribution is -2.65. The van der Waals surface area contributed by atoms with Gasteiger partial charge >= 0.3 is 0 Å². The quantitative estimate of drug-likeness (QED) is 0.791. The van der Waals surface area contributed by atoms with Gasteiger partial charge in [0.1, 0.15) is 12.1 Å². The molecule has 112 valence electrons. The Morgan fingerprint density at radius 2 is 1.62 bits per heavy atom. The van der Waals surface area contributed by atoms with Gasteiger partial charge < -0.3 is 5.32 Å². The molecule has 21 heavy (non-hydrogen) atoms. The second kappa shape index (κ2) is 5.34. The molecule has 0 unspecified atom stereocenters. The molecule has 1 aromatic carbocycles. The van der Waals surface area contributed by atoms with E-state index in [1.54, 1.807) is 0 Å². The fourth-order valence-corrected chi connectivity index (χ4v) is 3.71. The molecule has 2 amide bonds. The molecule has 1 N–H and O–H groups in total. The monoisotopic (exact) mass is 346 g/mol. The van der Waals surface area contributed by atoms with Gasteiger partial charge in [-0.1, -0.05) is 47.6 Å². The highest BCUT2D eigenvalue weighted by Crippen LogP contribution is 2.39. The molecule has 4 nitrogen and oxygen atoms in total. The van der Waals surface area contributed by atoms with Gasteiger partial charge in [-0.2, -0.15) is 0 Å². The Bertz CT molecular complexity index is 627. The van der Waals surface area contributed by atoms with Gasteiger partial charge in [0.15, 0.2) is 0 Å². The van der Waals surface area contributed by atoms with Gasteiger partial charge in [0, 0.05) is 0 Å². The van der Waals surface area contributed by atoms with Crippen molar-refractivity contribution in [3.63, 3.8) is 0 Å². The van der Waals surface area contributed by atoms with Crippen LogP contribution in [-0.4, -0.2) is 23.9 Å². The highest BCUT2D eigenvalue weighted by atomic mass is 35.5. The summed E-state index contributed by atoms with van der Waals surface area (Å²) in [7, 11) is 0. The van der Waals surface area contributed by atoms with Crippen LogP contribution in [0.3, 0.4) is 0 Å². The van der Waals surface area contributed by atoms with Gasteiger partial charge in [0.25, 0.3) is 5.91 Å². The number of rotatable bonds is 1. The van der Waals surface area contributed by atoms with Crippen molar-refractivity contribution in [3.05, 3.63) is 27.2 Å². The summed E-state index contributed by atoms with van der Waals surface area (Å²) in [6.07, 6.45) is 3.17. The van der Waals surface area contributed by atoms with Crippen molar-refractivity contribution in [2.45, 2.75) is 31.2 Å². The van der Waals surface area contributed by atoms with E-state index in [4.69, 9.17) is 34.8 Å². The summed E-state index contributed by atoms with van der Waals surface area (Å²) in [5.41, 5.74) is -0.359. The van der Waals surface area contributed by atoms with Crippen LogP contribution in [0.15, 0.2) is 12.1 Å². The second-order valence-electron chi connectivity index (χ2n) is 5.45. The average molecular weight is 348 g/mol. The molecule has 1 aliphatic heterocycles. The second-order valence-corrected chi connectivity index (χ2v) is 6.67. The fourth-order valence-electron chi connectivity index (χ4n) is 3.06. The van der Waals surface area contributed by atoms with E-state index in [1.807, 2.05) is 0 Å². The molecule has 7 heteroatoms. The summed E-state index contributed by atoms with van der Waals surface area (Å²) in [5, 5.41) is 3.78. The summed E-state index contributed by atoms with van der Waals surface area (Å²) in [5.74, 6) is -0.307. The van der Waals surface area contributed by atoms with Gasteiger partial charge in [-0.25, -0.2) is 0 Å². The largest absolute Gasteiger partial charge is 0.340 e. The van der Waals surface area contributed by atoms with Crippen LogP contribution in [-0.2, 0) is 9.59 Å². The zero-order valence-electron chi connectivity index (χ0n) is 11.1. The highest BCUT2D eigenvalue weighted by Gasteiger charge is 2.49. The first-order valence-electron chi connectivity index (χ1n) is 6.70. The van der Waals surface area contributed by atoms with Gasteiger partial charge in [-0.05, 0) is 25.0 Å². The van der Waals surface area contributed by atoms with E-state index in [0.29, 0.717) is 33.6 Å². The minimum Gasteiger partial charge on any atom is -0.340 e. The zero-order valence-corrected chi connectivity index (χ0v) is 13.4. The molecule has 0 aromatic heterocycles. The predicted molar refractivity (Wildman–Crippen MR) is 83.2 cm³/mol. The molecule has 1 heterocycles. The Kier molecular flexibility index (Phi) is 3.80. The minimum absolute atomic E-state index is 0.0573. The number of carbonyl (C=O) groups excluding carboxylic acids is 2. The van der Waals surface area contributed by atoms with Crippen molar-refractivity contribution in [1.82, 2.24) is 5.32 Å². The van der Waals surface area contributed by atoms with E-state index in [1.165, 1.54) is 17.0 Å². The summed E-state index contributed by atoms with van der Waals surface area (Å²) < 4.78 is 0. The van der Waals surface area contributed by atoms with Crippen LogP contribution in [0.4, 0.5) is 5.69 Å². The maximum atomic E-state index is 12.8. The van der Waals surface area contributed by atoms with Gasteiger partial charge in [-0.15, -0.1) is 0 Å². The number of benzene rings is 1. The van der Waals surface area contributed by atoms with Crippen LogP contribution in [0.5, 0.6) is 0 Å². The molecule has 1 spiro atoms. The molecule has 2 aliphatic rings. The predicted octanol–water partition coefficient (Wildman–Crippen LogP) is 3.42. The third kappa shape index (κ3) is 2.50. The SMILES string of the molecule is O=C1CN(c2cc(Cl)c(Cl)cc2Cl)C(=O)C2(CCCC2)N1. The smallest absolute Gasteiger partial charge is 0.253 e. The van der Waals surface area contributed by atoms with Crippen molar-refractivity contribution in [3.8, 4) is 0 Å². The number of hydrogen-bond acceptors (Lipinski definition) is 2. The molecule has 2 fully saturated rings. The van der Waals surface area contributed by atoms with E-state index < -0.39 is 5.54 Å². The Balaban J connectivity index is 2.03. The van der Waals surface area contributed by atoms with E-state index in [-0.39, 0.29) is 18.4 Å². The number of nitrogens with one attached hydrogen (secondary N) is 1. The number of carbonyl (C=O) groups is 2. The van der Waals surface area contributed by atoms with Crippen LogP contribution in [0, 0.1) is 0 Å². The molecule has 1 saturated carbocycles. The van der Waals surface area contributed by atoms with Crippen LogP contribution in [0.25, 0.3) is 0 Å². The highest BCUT2D eigenvalue weighted by molar-refractivity contribution is 6.44. The summed E-state index contributed by atoms with van der Waals surface area (Å²) in [6.45, 7) is -0.0573. The first-order chi connectivity index (χ1) is 9.93. The summed E-state index contributed by atoms with van der Waals surface area (Å²) in [4.78, 5) is 26.2. The molecule has 1 aromatic rings. The standard InChI is InChI=1S/C14H13Cl3N2O2/c15-8-5-10(17)11(6-9(8)16)19-7-12(20)18-14(13(19)21)3-1-2-4-14/h5-6H,1-4,7H2,(H,18,20). The maximum Gasteiger partial charge on any atom is 0.253 e. The lowest BCUT2D eigenvalue weighted by Gasteiger charge is -2.40. The minimum atomic E-state index is -0.787. The van der Waals surface area contributed by atoms with E-state index in [2.05, 4.69) is 5.32 Å². The number of nitrogens with zero attached hydrogens (tertiary/aromatic N) is 1.